The largest absolute Gasteiger partial charge is 0.268 e. The van der Waals surface area contributed by atoms with Gasteiger partial charge in [0.15, 0.2) is 0 Å². The zero-order chi connectivity index (χ0) is 12.0. The molecule has 2 aromatic rings. The van der Waals surface area contributed by atoms with Crippen molar-refractivity contribution in [1.82, 2.24) is 14.8 Å². The summed E-state index contributed by atoms with van der Waals surface area (Å²) in [7, 11) is 0. The van der Waals surface area contributed by atoms with E-state index < -0.39 is 0 Å². The molecule has 0 spiro atoms. The number of aromatic nitrogens is 3. The zero-order valence-electron chi connectivity index (χ0n) is 8.70. The van der Waals surface area contributed by atoms with E-state index in [-0.39, 0.29) is 0 Å². The molecule has 1 aliphatic carbocycles. The van der Waals surface area contributed by atoms with Crippen LogP contribution >= 0.6 is 43.5 Å². The van der Waals surface area contributed by atoms with Crippen LogP contribution in [0, 0.1) is 0 Å². The van der Waals surface area contributed by atoms with Crippen LogP contribution in [-0.2, 0) is 0 Å². The standard InChI is InChI=1S/C11H8Br2ClN3/c12-7-3-4-8(13)9(5-7)17-10(6-1-2-6)15-16-11(17)14/h3-6H,1-2H2. The molecule has 88 valence electrons. The topological polar surface area (TPSA) is 30.7 Å². The Bertz CT molecular complexity index is 578. The first-order valence-electron chi connectivity index (χ1n) is 5.23. The van der Waals surface area contributed by atoms with E-state index in [0.29, 0.717) is 11.2 Å². The van der Waals surface area contributed by atoms with E-state index in [2.05, 4.69) is 42.1 Å². The molecule has 0 aliphatic heterocycles. The Morgan fingerprint density at radius 2 is 2.00 bits per heavy atom. The van der Waals surface area contributed by atoms with Gasteiger partial charge in [0, 0.05) is 14.9 Å². The van der Waals surface area contributed by atoms with Gasteiger partial charge < -0.3 is 0 Å². The summed E-state index contributed by atoms with van der Waals surface area (Å²) in [5.41, 5.74) is 0.969. The summed E-state index contributed by atoms with van der Waals surface area (Å²) in [4.78, 5) is 0. The highest BCUT2D eigenvalue weighted by Crippen LogP contribution is 2.41. The molecular weight excluding hydrogens is 369 g/mol. The number of rotatable bonds is 2. The van der Waals surface area contributed by atoms with Crippen molar-refractivity contribution in [3.63, 3.8) is 0 Å². The van der Waals surface area contributed by atoms with Gasteiger partial charge in [-0.3, -0.25) is 4.57 Å². The van der Waals surface area contributed by atoms with Gasteiger partial charge in [0.25, 0.3) is 0 Å². The van der Waals surface area contributed by atoms with Gasteiger partial charge in [-0.15, -0.1) is 10.2 Å². The maximum atomic E-state index is 6.13. The third-order valence-corrected chi connectivity index (χ3v) is 4.15. The third kappa shape index (κ3) is 2.16. The van der Waals surface area contributed by atoms with Crippen LogP contribution in [-0.4, -0.2) is 14.8 Å². The molecule has 1 aromatic carbocycles. The van der Waals surface area contributed by atoms with E-state index in [1.807, 2.05) is 22.8 Å². The fraction of sp³-hybridized carbons (Fsp3) is 0.273. The van der Waals surface area contributed by atoms with Crippen LogP contribution < -0.4 is 0 Å². The Morgan fingerprint density at radius 1 is 1.24 bits per heavy atom. The normalized spacial score (nSPS) is 15.2. The average Bonchev–Trinajstić information content (AvgIpc) is 3.07. The van der Waals surface area contributed by atoms with E-state index in [9.17, 15) is 0 Å². The number of halogens is 3. The summed E-state index contributed by atoms with van der Waals surface area (Å²) in [6, 6.07) is 5.96. The Kier molecular flexibility index (Phi) is 3.00. The summed E-state index contributed by atoms with van der Waals surface area (Å²) in [6.07, 6.45) is 2.33. The Labute approximate surface area is 120 Å². The third-order valence-electron chi connectivity index (χ3n) is 2.74. The van der Waals surface area contributed by atoms with E-state index in [1.165, 1.54) is 12.8 Å². The first kappa shape index (κ1) is 11.7. The van der Waals surface area contributed by atoms with Crippen LogP contribution in [0.2, 0.25) is 5.28 Å². The molecule has 0 bridgehead atoms. The van der Waals surface area contributed by atoms with Crippen molar-refractivity contribution in [2.45, 2.75) is 18.8 Å². The minimum atomic E-state index is 0.408. The van der Waals surface area contributed by atoms with Crippen molar-refractivity contribution in [1.29, 1.82) is 0 Å². The maximum Gasteiger partial charge on any atom is 0.229 e. The Hall–Kier alpha value is -0.390. The van der Waals surface area contributed by atoms with Crippen molar-refractivity contribution in [2.75, 3.05) is 0 Å². The maximum absolute atomic E-state index is 6.13. The lowest BCUT2D eigenvalue weighted by Crippen LogP contribution is -2.01. The van der Waals surface area contributed by atoms with E-state index >= 15 is 0 Å². The lowest BCUT2D eigenvalue weighted by atomic mass is 10.3. The van der Waals surface area contributed by atoms with Gasteiger partial charge in [-0.2, -0.15) is 0 Å². The lowest BCUT2D eigenvalue weighted by Gasteiger charge is -2.09. The first-order chi connectivity index (χ1) is 8.16. The van der Waals surface area contributed by atoms with Gasteiger partial charge in [0.2, 0.25) is 5.28 Å². The molecule has 0 N–H and O–H groups in total. The highest BCUT2D eigenvalue weighted by atomic mass is 79.9. The number of nitrogens with zero attached hydrogens (tertiary/aromatic N) is 3. The second-order valence-electron chi connectivity index (χ2n) is 4.03. The van der Waals surface area contributed by atoms with Gasteiger partial charge in [0.1, 0.15) is 5.82 Å². The molecule has 0 atom stereocenters. The predicted octanol–water partition coefficient (Wildman–Crippen LogP) is 4.32. The average molecular weight is 377 g/mol. The second-order valence-corrected chi connectivity index (χ2v) is 6.14. The summed E-state index contributed by atoms with van der Waals surface area (Å²) in [5, 5.41) is 8.55. The van der Waals surface area contributed by atoms with Crippen molar-refractivity contribution in [3.05, 3.63) is 38.3 Å². The van der Waals surface area contributed by atoms with Crippen LogP contribution in [0.5, 0.6) is 0 Å². The molecular formula is C11H8Br2ClN3. The highest BCUT2D eigenvalue weighted by molar-refractivity contribution is 9.11. The van der Waals surface area contributed by atoms with Crippen LogP contribution in [0.25, 0.3) is 5.69 Å². The number of hydrogen-bond acceptors (Lipinski definition) is 2. The van der Waals surface area contributed by atoms with Crippen molar-refractivity contribution in [3.8, 4) is 5.69 Å². The summed E-state index contributed by atoms with van der Waals surface area (Å²) >= 11 is 13.1. The summed E-state index contributed by atoms with van der Waals surface area (Å²) in [6.45, 7) is 0. The smallest absolute Gasteiger partial charge is 0.229 e. The molecule has 0 amide bonds. The van der Waals surface area contributed by atoms with E-state index in [0.717, 1.165) is 20.5 Å². The second kappa shape index (κ2) is 4.37. The Balaban J connectivity index is 2.19. The SMILES string of the molecule is Clc1nnc(C2CC2)n1-c1cc(Br)ccc1Br. The molecule has 0 radical (unpaired) electrons. The van der Waals surface area contributed by atoms with Crippen molar-refractivity contribution >= 4 is 43.5 Å². The Morgan fingerprint density at radius 3 is 2.71 bits per heavy atom. The molecule has 3 rings (SSSR count). The predicted molar refractivity (Wildman–Crippen MR) is 73.7 cm³/mol. The monoisotopic (exact) mass is 375 g/mol. The van der Waals surface area contributed by atoms with Gasteiger partial charge in [-0.05, 0) is 58.6 Å². The van der Waals surface area contributed by atoms with Gasteiger partial charge in [-0.25, -0.2) is 0 Å². The minimum Gasteiger partial charge on any atom is -0.268 e. The molecule has 0 unspecified atom stereocenters. The molecule has 1 aliphatic rings. The number of benzene rings is 1. The molecule has 1 saturated carbocycles. The summed E-state index contributed by atoms with van der Waals surface area (Å²) < 4.78 is 3.89. The quantitative estimate of drug-likeness (QED) is 0.780. The zero-order valence-corrected chi connectivity index (χ0v) is 12.6. The first-order valence-corrected chi connectivity index (χ1v) is 7.19. The van der Waals surface area contributed by atoms with Crippen LogP contribution in [0.1, 0.15) is 24.6 Å². The molecule has 1 aromatic heterocycles. The molecule has 1 heterocycles. The van der Waals surface area contributed by atoms with E-state index in [4.69, 9.17) is 11.6 Å². The molecule has 6 heteroatoms. The molecule has 1 fully saturated rings. The number of hydrogen-bond donors (Lipinski definition) is 0. The highest BCUT2D eigenvalue weighted by Gasteiger charge is 2.31. The van der Waals surface area contributed by atoms with Crippen LogP contribution in [0.3, 0.4) is 0 Å². The van der Waals surface area contributed by atoms with Gasteiger partial charge >= 0.3 is 0 Å². The van der Waals surface area contributed by atoms with Gasteiger partial charge in [-0.1, -0.05) is 15.9 Å². The lowest BCUT2D eigenvalue weighted by molar-refractivity contribution is 0.869. The fourth-order valence-corrected chi connectivity index (χ4v) is 2.75. The minimum absolute atomic E-state index is 0.408. The summed E-state index contributed by atoms with van der Waals surface area (Å²) in [5.74, 6) is 1.45. The molecule has 17 heavy (non-hydrogen) atoms. The van der Waals surface area contributed by atoms with Crippen molar-refractivity contribution < 1.29 is 0 Å². The van der Waals surface area contributed by atoms with Crippen LogP contribution in [0.4, 0.5) is 0 Å². The van der Waals surface area contributed by atoms with Gasteiger partial charge in [0.05, 0.1) is 5.69 Å². The van der Waals surface area contributed by atoms with Crippen LogP contribution in [0.15, 0.2) is 27.1 Å². The fourth-order valence-electron chi connectivity index (χ4n) is 1.76. The van der Waals surface area contributed by atoms with E-state index in [1.54, 1.807) is 0 Å². The molecule has 0 saturated heterocycles. The van der Waals surface area contributed by atoms with Crippen molar-refractivity contribution in [2.24, 2.45) is 0 Å². The molecule has 3 nitrogen and oxygen atoms in total.